The zero-order valence-corrected chi connectivity index (χ0v) is 16.2. The lowest BCUT2D eigenvalue weighted by Gasteiger charge is -2.18. The molecule has 1 aromatic carbocycles. The fourth-order valence-electron chi connectivity index (χ4n) is 2.06. The van der Waals surface area contributed by atoms with Crippen LogP contribution in [0.2, 0.25) is 0 Å². The molecular weight excluding hydrogens is 400 g/mol. The van der Waals surface area contributed by atoms with Crippen LogP contribution in [-0.2, 0) is 16.6 Å². The van der Waals surface area contributed by atoms with Crippen molar-refractivity contribution in [1.82, 2.24) is 9.62 Å². The van der Waals surface area contributed by atoms with Gasteiger partial charge in [-0.15, -0.1) is 11.3 Å². The molecule has 0 aliphatic heterocycles. The Morgan fingerprint density at radius 3 is 2.57 bits per heavy atom. The maximum Gasteiger partial charge on any atom is 0.254 e. The zero-order valence-electron chi connectivity index (χ0n) is 13.0. The molecule has 124 valence electrons. The summed E-state index contributed by atoms with van der Waals surface area (Å²) < 4.78 is 27.1. The monoisotopic (exact) mass is 416 g/mol. The summed E-state index contributed by atoms with van der Waals surface area (Å²) >= 11 is 4.96. The Kier molecular flexibility index (Phi) is 5.61. The predicted molar refractivity (Wildman–Crippen MR) is 95.2 cm³/mol. The lowest BCUT2D eigenvalue weighted by molar-refractivity contribution is 0.0785. The molecule has 0 saturated heterocycles. The first kappa shape index (κ1) is 18.1. The summed E-state index contributed by atoms with van der Waals surface area (Å²) in [6.07, 6.45) is 0. The molecule has 0 bridgehead atoms. The van der Waals surface area contributed by atoms with Gasteiger partial charge in [0.25, 0.3) is 5.91 Å². The van der Waals surface area contributed by atoms with Gasteiger partial charge in [-0.1, -0.05) is 6.07 Å². The van der Waals surface area contributed by atoms with Gasteiger partial charge in [0.1, 0.15) is 0 Å². The van der Waals surface area contributed by atoms with Gasteiger partial charge < -0.3 is 4.90 Å². The molecule has 1 amide bonds. The molecule has 1 N–H and O–H groups in total. The molecule has 0 spiro atoms. The summed E-state index contributed by atoms with van der Waals surface area (Å²) in [4.78, 5) is 15.4. The smallest absolute Gasteiger partial charge is 0.254 e. The number of thiophene rings is 1. The van der Waals surface area contributed by atoms with Crippen LogP contribution in [0.1, 0.15) is 20.8 Å². The minimum absolute atomic E-state index is 0.0845. The number of nitrogens with one attached hydrogen (secondary N) is 1. The highest BCUT2D eigenvalue weighted by atomic mass is 79.9. The van der Waals surface area contributed by atoms with E-state index in [2.05, 4.69) is 20.7 Å². The summed E-state index contributed by atoms with van der Waals surface area (Å²) in [5.41, 5.74) is 1.13. The Balaban J connectivity index is 2.29. The van der Waals surface area contributed by atoms with Gasteiger partial charge >= 0.3 is 0 Å². The van der Waals surface area contributed by atoms with Gasteiger partial charge in [0.2, 0.25) is 10.0 Å². The van der Waals surface area contributed by atoms with E-state index >= 15 is 0 Å². The highest BCUT2D eigenvalue weighted by molar-refractivity contribution is 9.11. The molecule has 0 unspecified atom stereocenters. The topological polar surface area (TPSA) is 66.5 Å². The molecule has 8 heteroatoms. The van der Waals surface area contributed by atoms with Gasteiger partial charge in [0.05, 0.1) is 15.2 Å². The Morgan fingerprint density at radius 1 is 1.30 bits per heavy atom. The Hall–Kier alpha value is -1.22. The molecule has 23 heavy (non-hydrogen) atoms. The van der Waals surface area contributed by atoms with E-state index in [1.165, 1.54) is 19.2 Å². The van der Waals surface area contributed by atoms with Gasteiger partial charge in [-0.05, 0) is 59.7 Å². The lowest BCUT2D eigenvalue weighted by Crippen LogP contribution is -2.27. The first-order chi connectivity index (χ1) is 10.7. The summed E-state index contributed by atoms with van der Waals surface area (Å²) in [6, 6.07) is 8.45. The van der Waals surface area contributed by atoms with Crippen LogP contribution in [0.5, 0.6) is 0 Å². The Morgan fingerprint density at radius 2 is 2.00 bits per heavy atom. The van der Waals surface area contributed by atoms with Gasteiger partial charge in [-0.2, -0.15) is 0 Å². The third-order valence-corrected chi connectivity index (χ3v) is 6.41. The van der Waals surface area contributed by atoms with E-state index in [-0.39, 0.29) is 10.8 Å². The Bertz CT molecular complexity index is 831. The fraction of sp³-hybridized carbons (Fsp3) is 0.267. The van der Waals surface area contributed by atoms with Crippen LogP contribution < -0.4 is 4.72 Å². The molecular formula is C15H17BrN2O3S2. The number of sulfonamides is 1. The molecule has 2 aromatic rings. The number of halogens is 1. The highest BCUT2D eigenvalue weighted by Crippen LogP contribution is 2.24. The molecule has 0 radical (unpaired) electrons. The Labute approximate surface area is 148 Å². The second kappa shape index (κ2) is 7.12. The number of rotatable bonds is 5. The average molecular weight is 417 g/mol. The van der Waals surface area contributed by atoms with Crippen molar-refractivity contribution in [3.8, 4) is 0 Å². The summed E-state index contributed by atoms with van der Waals surface area (Å²) in [5.74, 6) is -0.208. The van der Waals surface area contributed by atoms with Gasteiger partial charge in [0.15, 0.2) is 0 Å². The molecule has 0 fully saturated rings. The minimum atomic E-state index is -3.58. The second-order valence-corrected chi connectivity index (χ2v) is 9.49. The van der Waals surface area contributed by atoms with Crippen LogP contribution in [-0.4, -0.2) is 33.3 Å². The van der Waals surface area contributed by atoms with Crippen LogP contribution in [0.25, 0.3) is 0 Å². The quantitative estimate of drug-likeness (QED) is 0.814. The van der Waals surface area contributed by atoms with E-state index in [9.17, 15) is 13.2 Å². The average Bonchev–Trinajstić information content (AvgIpc) is 2.91. The number of carbonyl (C=O) groups excluding carboxylic acids is 1. The normalized spacial score (nSPS) is 11.5. The van der Waals surface area contributed by atoms with Crippen LogP contribution >= 0.6 is 27.3 Å². The molecule has 0 saturated carbocycles. The van der Waals surface area contributed by atoms with Crippen molar-refractivity contribution in [3.05, 3.63) is 50.1 Å². The summed E-state index contributed by atoms with van der Waals surface area (Å²) in [6.45, 7) is 2.26. The third-order valence-electron chi connectivity index (χ3n) is 3.39. The highest BCUT2D eigenvalue weighted by Gasteiger charge is 2.19. The van der Waals surface area contributed by atoms with E-state index < -0.39 is 10.0 Å². The molecule has 0 aliphatic carbocycles. The van der Waals surface area contributed by atoms with Crippen molar-refractivity contribution in [2.45, 2.75) is 18.4 Å². The maximum absolute atomic E-state index is 12.6. The number of hydrogen-bond donors (Lipinski definition) is 1. The number of hydrogen-bond acceptors (Lipinski definition) is 4. The van der Waals surface area contributed by atoms with Crippen molar-refractivity contribution in [2.24, 2.45) is 0 Å². The maximum atomic E-state index is 12.6. The first-order valence-corrected chi connectivity index (χ1v) is 9.87. The number of benzene rings is 1. The number of carbonyl (C=O) groups is 1. The van der Waals surface area contributed by atoms with E-state index in [0.717, 1.165) is 14.2 Å². The van der Waals surface area contributed by atoms with Crippen LogP contribution in [0.3, 0.4) is 0 Å². The van der Waals surface area contributed by atoms with Gasteiger partial charge in [0, 0.05) is 17.5 Å². The largest absolute Gasteiger partial charge is 0.337 e. The fourth-order valence-corrected chi connectivity index (χ4v) is 4.36. The molecule has 5 nitrogen and oxygen atoms in total. The zero-order chi connectivity index (χ0) is 17.2. The van der Waals surface area contributed by atoms with Crippen molar-refractivity contribution < 1.29 is 13.2 Å². The van der Waals surface area contributed by atoms with Crippen molar-refractivity contribution in [1.29, 1.82) is 0 Å². The molecule has 1 heterocycles. The van der Waals surface area contributed by atoms with Crippen molar-refractivity contribution in [2.75, 3.05) is 14.1 Å². The molecule has 2 rings (SSSR count). The first-order valence-electron chi connectivity index (χ1n) is 6.78. The van der Waals surface area contributed by atoms with Crippen molar-refractivity contribution >= 4 is 43.2 Å². The van der Waals surface area contributed by atoms with Gasteiger partial charge in [-0.25, -0.2) is 13.1 Å². The standard InChI is InChI=1S/C15H17BrN2O3S2/c1-10-4-6-12(23(20,21)17-2)8-13(10)15(19)18(3)9-11-5-7-14(16)22-11/h4-8,17H,9H2,1-3H3. The van der Waals surface area contributed by atoms with Gasteiger partial charge in [-0.3, -0.25) is 4.79 Å². The van der Waals surface area contributed by atoms with E-state index in [0.29, 0.717) is 12.1 Å². The number of aryl methyl sites for hydroxylation is 1. The van der Waals surface area contributed by atoms with Crippen LogP contribution in [0, 0.1) is 6.92 Å². The molecule has 0 atom stereocenters. The summed E-state index contributed by atoms with van der Waals surface area (Å²) in [7, 11) is -0.529. The third kappa shape index (κ3) is 4.20. The lowest BCUT2D eigenvalue weighted by atomic mass is 10.1. The SMILES string of the molecule is CNS(=O)(=O)c1ccc(C)c(C(=O)N(C)Cc2ccc(Br)s2)c1. The van der Waals surface area contributed by atoms with Crippen LogP contribution in [0.15, 0.2) is 39.0 Å². The van der Waals surface area contributed by atoms with Crippen LogP contribution in [0.4, 0.5) is 0 Å². The van der Waals surface area contributed by atoms with E-state index in [4.69, 9.17) is 0 Å². The second-order valence-electron chi connectivity index (χ2n) is 5.05. The minimum Gasteiger partial charge on any atom is -0.337 e. The molecule has 1 aromatic heterocycles. The molecule has 0 aliphatic rings. The summed E-state index contributed by atoms with van der Waals surface area (Å²) in [5, 5.41) is 0. The number of nitrogens with zero attached hydrogens (tertiary/aromatic N) is 1. The number of amides is 1. The van der Waals surface area contributed by atoms with E-state index in [1.54, 1.807) is 36.3 Å². The van der Waals surface area contributed by atoms with Crippen molar-refractivity contribution in [3.63, 3.8) is 0 Å². The predicted octanol–water partition coefficient (Wildman–Crippen LogP) is 3.00. The van der Waals surface area contributed by atoms with E-state index in [1.807, 2.05) is 12.1 Å².